The van der Waals surface area contributed by atoms with Crippen molar-refractivity contribution >= 4 is 23.6 Å². The number of amides is 1. The minimum absolute atomic E-state index is 0. The van der Waals surface area contributed by atoms with E-state index >= 15 is 0 Å². The second-order valence-electron chi connectivity index (χ2n) is 8.82. The molecule has 5 nitrogen and oxygen atoms in total. The normalized spacial score (nSPS) is 15.7. The van der Waals surface area contributed by atoms with Gasteiger partial charge in [0.05, 0.1) is 6.10 Å². The summed E-state index contributed by atoms with van der Waals surface area (Å²) in [7, 11) is 1.76. The summed E-state index contributed by atoms with van der Waals surface area (Å²) in [6.07, 6.45) is 8.32. The van der Waals surface area contributed by atoms with E-state index in [4.69, 9.17) is 4.74 Å². The molecule has 3 rings (SSSR count). The van der Waals surface area contributed by atoms with Gasteiger partial charge in [-0.1, -0.05) is 49.6 Å². The van der Waals surface area contributed by atoms with Crippen LogP contribution in [0, 0.1) is 12.8 Å². The van der Waals surface area contributed by atoms with E-state index in [9.17, 15) is 14.7 Å². The van der Waals surface area contributed by atoms with Gasteiger partial charge in [-0.3, -0.25) is 4.79 Å². The summed E-state index contributed by atoms with van der Waals surface area (Å²) >= 11 is 1.56. The van der Waals surface area contributed by atoms with Crippen LogP contribution in [0.15, 0.2) is 42.5 Å². The van der Waals surface area contributed by atoms with Gasteiger partial charge in [0, 0.05) is 12.7 Å². The maximum atomic E-state index is 13.3. The van der Waals surface area contributed by atoms with Gasteiger partial charge in [-0.05, 0) is 78.5 Å². The Hall–Kier alpha value is -1.71. The zero-order valence-electron chi connectivity index (χ0n) is 21.8. The van der Waals surface area contributed by atoms with E-state index in [0.717, 1.165) is 35.1 Å². The molecule has 2 unspecified atom stereocenters. The number of ether oxygens (including phenoxy) is 1. The van der Waals surface area contributed by atoms with Gasteiger partial charge in [-0.2, -0.15) is 11.8 Å². The van der Waals surface area contributed by atoms with E-state index < -0.39 is 12.0 Å². The van der Waals surface area contributed by atoms with E-state index in [-0.39, 0.29) is 32.3 Å². The first-order valence-corrected chi connectivity index (χ1v) is 13.1. The van der Waals surface area contributed by atoms with Crippen molar-refractivity contribution in [1.82, 2.24) is 5.32 Å². The molecule has 0 spiro atoms. The number of hydrogen-bond donors (Lipinski definition) is 2. The summed E-state index contributed by atoms with van der Waals surface area (Å²) in [5, 5.41) is 12.3. The molecule has 2 N–H and O–H groups in total. The van der Waals surface area contributed by atoms with Crippen LogP contribution in [0.3, 0.4) is 0 Å². The fourth-order valence-electron chi connectivity index (χ4n) is 4.80. The second kappa shape index (κ2) is 14.0. The molecule has 34 heavy (non-hydrogen) atoms. The van der Waals surface area contributed by atoms with E-state index in [1.807, 2.05) is 49.6 Å². The number of hydrogen-bond acceptors (Lipinski definition) is 4. The summed E-state index contributed by atoms with van der Waals surface area (Å²) in [4.78, 5) is 25.0. The second-order valence-corrected chi connectivity index (χ2v) is 9.81. The monoisotopic (exact) mass is 477 g/mol. The average Bonchev–Trinajstić information content (AvgIpc) is 2.83. The fourth-order valence-corrected chi connectivity index (χ4v) is 5.27. The predicted octanol–water partition coefficient (Wildman–Crippen LogP) is 2.98. The first-order chi connectivity index (χ1) is 16.0. The Morgan fingerprint density at radius 1 is 1.15 bits per heavy atom. The van der Waals surface area contributed by atoms with Crippen LogP contribution in [-0.2, 0) is 9.53 Å². The summed E-state index contributed by atoms with van der Waals surface area (Å²) in [5.41, 5.74) is 4.40. The number of methoxy groups -OCH3 is 1. The molecule has 1 fully saturated rings. The molecule has 0 aromatic heterocycles. The van der Waals surface area contributed by atoms with Crippen LogP contribution in [0.5, 0.6) is 0 Å². The van der Waals surface area contributed by atoms with Gasteiger partial charge in [0.2, 0.25) is 0 Å². The summed E-state index contributed by atoms with van der Waals surface area (Å²) in [6, 6.07) is 12.9. The molecule has 2 atom stereocenters. The van der Waals surface area contributed by atoms with Crippen LogP contribution in [0.2, 0.25) is 0 Å². The van der Waals surface area contributed by atoms with Crippen LogP contribution in [0.25, 0.3) is 11.1 Å². The number of thioether (sulfide) groups is 1. The Kier molecular flexibility index (Phi) is 11.7. The van der Waals surface area contributed by atoms with Gasteiger partial charge in [0.25, 0.3) is 5.91 Å². The number of aryl methyl sites for hydroxylation is 1. The van der Waals surface area contributed by atoms with Gasteiger partial charge in [-0.25, -0.2) is 4.79 Å². The van der Waals surface area contributed by atoms with Crippen LogP contribution < -0.4 is 24.2 Å². The number of benzene rings is 2. The van der Waals surface area contributed by atoms with Crippen molar-refractivity contribution in [3.63, 3.8) is 0 Å². The number of carbonyl (C=O) groups excluding carboxylic acids is 1. The number of carboxylic acids is 1. The minimum atomic E-state index is -1.01. The smallest absolute Gasteiger partial charge is 1.00 e. The quantitative estimate of drug-likeness (QED) is 0.515. The van der Waals surface area contributed by atoms with Crippen LogP contribution in [-0.4, -0.2) is 42.1 Å². The third kappa shape index (κ3) is 7.15. The molecule has 7 heteroatoms. The Labute approximate surface area is 221 Å². The number of nitrogens with one attached hydrogen (secondary N) is 1. The van der Waals surface area contributed by atoms with Crippen LogP contribution >= 0.6 is 11.8 Å². The first-order valence-electron chi connectivity index (χ1n) is 11.7. The molecule has 2 aromatic carbocycles. The summed E-state index contributed by atoms with van der Waals surface area (Å²) in [5.74, 6) is -0.239. The Morgan fingerprint density at radius 2 is 1.85 bits per heavy atom. The fraction of sp³-hybridized carbons (Fsp3) is 0.481. The molecule has 1 amide bonds. The molecule has 0 bridgehead atoms. The zero-order valence-corrected chi connectivity index (χ0v) is 21.6. The van der Waals surface area contributed by atoms with Gasteiger partial charge < -0.3 is 16.6 Å². The summed E-state index contributed by atoms with van der Waals surface area (Å²) in [6.45, 7) is 2.02. The third-order valence-electron chi connectivity index (χ3n) is 6.60. The van der Waals surface area contributed by atoms with Crippen LogP contribution in [0.4, 0.5) is 0 Å². The number of aliphatic carboxylic acids is 1. The molecule has 0 radical (unpaired) electrons. The van der Waals surface area contributed by atoms with Gasteiger partial charge in [-0.15, -0.1) is 0 Å². The molecular formula is C27H36LiNO4S. The van der Waals surface area contributed by atoms with Crippen molar-refractivity contribution in [3.8, 4) is 11.1 Å². The molecule has 1 aliphatic rings. The number of rotatable bonds is 10. The Balaban J connectivity index is 0.00000306. The molecule has 0 saturated heterocycles. The van der Waals surface area contributed by atoms with Gasteiger partial charge >= 0.3 is 24.8 Å². The SMILES string of the molecule is COC(c1ccc(C(=O)NC(CCSC)C(=O)O)c(-c2ccccc2C)c1)C1CCCCC1.[H-].[Li+]. The molecule has 0 aliphatic heterocycles. The Morgan fingerprint density at radius 3 is 2.47 bits per heavy atom. The molecule has 1 aliphatic carbocycles. The van der Waals surface area contributed by atoms with Crippen molar-refractivity contribution in [2.24, 2.45) is 5.92 Å². The minimum Gasteiger partial charge on any atom is -1.00 e. The third-order valence-corrected chi connectivity index (χ3v) is 7.24. The van der Waals surface area contributed by atoms with E-state index in [1.165, 1.54) is 19.3 Å². The van der Waals surface area contributed by atoms with Crippen molar-refractivity contribution in [1.29, 1.82) is 0 Å². The van der Waals surface area contributed by atoms with Gasteiger partial charge in [0.15, 0.2) is 0 Å². The topological polar surface area (TPSA) is 75.6 Å². The molecular weight excluding hydrogens is 441 g/mol. The number of carbonyl (C=O) groups is 2. The standard InChI is InChI=1S/C27H35NO4S.Li.H/c1-18-9-7-8-12-21(18)23-17-20(25(32-2)19-10-5-4-6-11-19)13-14-22(23)26(29)28-24(27(30)31)15-16-33-3;;/h7-9,12-14,17,19,24-25H,4-6,10-11,15-16H2,1-3H3,(H,28,29)(H,30,31);;/q;+1;-1. The summed E-state index contributed by atoms with van der Waals surface area (Å²) < 4.78 is 5.96. The molecule has 180 valence electrons. The van der Waals surface area contributed by atoms with Gasteiger partial charge in [0.1, 0.15) is 6.04 Å². The van der Waals surface area contributed by atoms with E-state index in [2.05, 4.69) is 11.4 Å². The number of carboxylic acid groups (broad SMARTS) is 1. The largest absolute Gasteiger partial charge is 1.00 e. The molecule has 1 saturated carbocycles. The van der Waals surface area contributed by atoms with E-state index in [0.29, 0.717) is 23.7 Å². The zero-order chi connectivity index (χ0) is 23.8. The maximum absolute atomic E-state index is 13.3. The predicted molar refractivity (Wildman–Crippen MR) is 136 cm³/mol. The van der Waals surface area contributed by atoms with Crippen molar-refractivity contribution in [2.45, 2.75) is 57.6 Å². The van der Waals surface area contributed by atoms with Crippen molar-refractivity contribution in [2.75, 3.05) is 19.1 Å². The first kappa shape index (κ1) is 28.5. The van der Waals surface area contributed by atoms with E-state index in [1.54, 1.807) is 18.9 Å². The van der Waals surface area contributed by atoms with Crippen molar-refractivity contribution < 1.29 is 39.7 Å². The average molecular weight is 478 g/mol. The maximum Gasteiger partial charge on any atom is 1.00 e. The Bertz CT molecular complexity index is 968. The van der Waals surface area contributed by atoms with Crippen molar-refractivity contribution in [3.05, 3.63) is 59.2 Å². The van der Waals surface area contributed by atoms with Crippen LogP contribution in [0.1, 0.15) is 67.5 Å². The molecule has 2 aromatic rings. The molecule has 0 heterocycles.